The van der Waals surface area contributed by atoms with E-state index in [2.05, 4.69) is 11.8 Å². The zero-order valence-corrected chi connectivity index (χ0v) is 5.02. The molecule has 0 heterocycles. The lowest BCUT2D eigenvalue weighted by molar-refractivity contribution is 1.32. The summed E-state index contributed by atoms with van der Waals surface area (Å²) in [5.41, 5.74) is 12.1. The molecule has 0 spiro atoms. The molecule has 0 saturated heterocycles. The molecule has 0 unspecified atom stereocenters. The number of nitrogens with two attached hydrogens (primary N) is 2. The van der Waals surface area contributed by atoms with Crippen LogP contribution < -0.4 is 11.5 Å². The van der Waals surface area contributed by atoms with Crippen molar-refractivity contribution in [2.24, 2.45) is 11.5 Å². The molecule has 46 valence electrons. The highest BCUT2D eigenvalue weighted by atomic mass is 14.6. The molecular weight excluding hydrogens is 112 g/mol. The monoisotopic (exact) mass is 120 g/mol. The van der Waals surface area contributed by atoms with Gasteiger partial charge in [0.2, 0.25) is 0 Å². The van der Waals surface area contributed by atoms with E-state index in [0.29, 0.717) is 17.8 Å². The predicted octanol–water partition coefficient (Wildman–Crippen LogP) is 0.0787. The summed E-state index contributed by atoms with van der Waals surface area (Å²) < 4.78 is 0. The zero-order chi connectivity index (χ0) is 6.69. The van der Waals surface area contributed by atoms with Gasteiger partial charge in [0.05, 0.1) is 5.70 Å². The second-order valence-electron chi connectivity index (χ2n) is 1.81. The summed E-state index contributed by atoms with van der Waals surface area (Å²) in [7, 11) is 0. The average molecular weight is 120 g/mol. The first kappa shape index (κ1) is 5.77. The van der Waals surface area contributed by atoms with E-state index in [-0.39, 0.29) is 0 Å². The largest absolute Gasteiger partial charge is 0.399 e. The maximum atomic E-state index is 5.45. The van der Waals surface area contributed by atoms with Crippen LogP contribution in [0.2, 0.25) is 0 Å². The highest BCUT2D eigenvalue weighted by molar-refractivity contribution is 5.36. The lowest BCUT2D eigenvalue weighted by Crippen LogP contribution is -1.98. The molecule has 2 heteroatoms. The van der Waals surface area contributed by atoms with Crippen LogP contribution in [0.4, 0.5) is 0 Å². The average Bonchev–Trinajstić information content (AvgIpc) is 1.93. The minimum absolute atomic E-state index is 0.543. The Kier molecular flexibility index (Phi) is 1.46. The van der Waals surface area contributed by atoms with Gasteiger partial charge in [-0.1, -0.05) is 5.92 Å². The summed E-state index contributed by atoms with van der Waals surface area (Å²) in [4.78, 5) is 0. The van der Waals surface area contributed by atoms with Gasteiger partial charge in [-0.25, -0.2) is 0 Å². The Bertz CT molecular complexity index is 225. The highest BCUT2D eigenvalue weighted by Gasteiger charge is 1.88. The number of allylic oxidation sites excluding steroid dienone is 3. The SMILES string of the molecule is NC1=CC(N)=CCC#C1. The fourth-order valence-corrected chi connectivity index (χ4v) is 0.597. The molecule has 1 aliphatic rings. The van der Waals surface area contributed by atoms with Gasteiger partial charge in [-0.15, -0.1) is 0 Å². The van der Waals surface area contributed by atoms with Gasteiger partial charge in [-0.05, 0) is 18.1 Å². The summed E-state index contributed by atoms with van der Waals surface area (Å²) in [6, 6.07) is 0. The van der Waals surface area contributed by atoms with Crippen molar-refractivity contribution in [2.45, 2.75) is 6.42 Å². The van der Waals surface area contributed by atoms with E-state index in [1.54, 1.807) is 6.08 Å². The molecule has 9 heavy (non-hydrogen) atoms. The van der Waals surface area contributed by atoms with Crippen molar-refractivity contribution in [3.05, 3.63) is 23.5 Å². The standard InChI is InChI=1S/C7H8N2/c8-6-3-1-2-4-7(9)5-6/h3,5H,1,8-9H2. The molecule has 0 aromatic rings. The number of hydrogen-bond donors (Lipinski definition) is 2. The van der Waals surface area contributed by atoms with Crippen molar-refractivity contribution in [2.75, 3.05) is 0 Å². The third-order valence-electron chi connectivity index (χ3n) is 0.995. The quantitative estimate of drug-likeness (QED) is 0.445. The first-order chi connectivity index (χ1) is 4.29. The van der Waals surface area contributed by atoms with E-state index in [1.165, 1.54) is 0 Å². The van der Waals surface area contributed by atoms with Crippen LogP contribution in [0.1, 0.15) is 6.42 Å². The fraction of sp³-hybridized carbons (Fsp3) is 0.143. The van der Waals surface area contributed by atoms with Gasteiger partial charge in [-0.2, -0.15) is 0 Å². The molecule has 0 bridgehead atoms. The topological polar surface area (TPSA) is 52.0 Å². The van der Waals surface area contributed by atoms with Crippen LogP contribution in [0.5, 0.6) is 0 Å². The molecule has 0 atom stereocenters. The van der Waals surface area contributed by atoms with Crippen LogP contribution in [0.3, 0.4) is 0 Å². The molecule has 0 amide bonds. The van der Waals surface area contributed by atoms with E-state index in [9.17, 15) is 0 Å². The summed E-state index contributed by atoms with van der Waals surface area (Å²) in [5.74, 6) is 5.56. The Morgan fingerprint density at radius 2 is 2.22 bits per heavy atom. The summed E-state index contributed by atoms with van der Waals surface area (Å²) in [6.07, 6.45) is 4.20. The van der Waals surface area contributed by atoms with E-state index in [0.717, 1.165) is 0 Å². The Balaban J connectivity index is 2.88. The molecule has 1 aliphatic carbocycles. The lowest BCUT2D eigenvalue weighted by atomic mass is 10.3. The normalized spacial score (nSPS) is 16.4. The van der Waals surface area contributed by atoms with Gasteiger partial charge in [0, 0.05) is 12.1 Å². The second-order valence-corrected chi connectivity index (χ2v) is 1.81. The zero-order valence-electron chi connectivity index (χ0n) is 5.02. The maximum absolute atomic E-state index is 5.45. The van der Waals surface area contributed by atoms with E-state index in [1.807, 2.05) is 6.08 Å². The predicted molar refractivity (Wildman–Crippen MR) is 36.9 cm³/mol. The third kappa shape index (κ3) is 1.54. The minimum Gasteiger partial charge on any atom is -0.399 e. The van der Waals surface area contributed by atoms with Crippen molar-refractivity contribution >= 4 is 0 Å². The molecule has 0 aliphatic heterocycles. The van der Waals surface area contributed by atoms with Crippen LogP contribution in [-0.4, -0.2) is 0 Å². The highest BCUT2D eigenvalue weighted by Crippen LogP contribution is 1.96. The molecule has 4 N–H and O–H groups in total. The fourth-order valence-electron chi connectivity index (χ4n) is 0.597. The molecule has 2 nitrogen and oxygen atoms in total. The summed E-state index contributed by atoms with van der Waals surface area (Å²) >= 11 is 0. The van der Waals surface area contributed by atoms with Gasteiger partial charge in [-0.3, -0.25) is 0 Å². The Labute approximate surface area is 54.2 Å². The number of hydrogen-bond acceptors (Lipinski definition) is 2. The van der Waals surface area contributed by atoms with Crippen molar-refractivity contribution in [1.82, 2.24) is 0 Å². The van der Waals surface area contributed by atoms with Crippen molar-refractivity contribution in [3.8, 4) is 11.8 Å². The minimum atomic E-state index is 0.543. The summed E-state index contributed by atoms with van der Waals surface area (Å²) in [5, 5.41) is 0. The van der Waals surface area contributed by atoms with Gasteiger partial charge >= 0.3 is 0 Å². The molecule has 0 fully saturated rings. The molecule has 0 saturated carbocycles. The van der Waals surface area contributed by atoms with Crippen LogP contribution in [0.15, 0.2) is 23.5 Å². The van der Waals surface area contributed by atoms with Crippen LogP contribution in [0, 0.1) is 11.8 Å². The van der Waals surface area contributed by atoms with Gasteiger partial charge in [0.25, 0.3) is 0 Å². The first-order valence-electron chi connectivity index (χ1n) is 2.71. The Hall–Kier alpha value is -1.36. The van der Waals surface area contributed by atoms with Crippen molar-refractivity contribution < 1.29 is 0 Å². The molecule has 0 aromatic heterocycles. The summed E-state index contributed by atoms with van der Waals surface area (Å²) in [6.45, 7) is 0. The number of rotatable bonds is 0. The van der Waals surface area contributed by atoms with Crippen LogP contribution in [-0.2, 0) is 0 Å². The van der Waals surface area contributed by atoms with E-state index in [4.69, 9.17) is 11.5 Å². The van der Waals surface area contributed by atoms with Crippen molar-refractivity contribution in [3.63, 3.8) is 0 Å². The van der Waals surface area contributed by atoms with E-state index < -0.39 is 0 Å². The van der Waals surface area contributed by atoms with Crippen LogP contribution in [0.25, 0.3) is 0 Å². The van der Waals surface area contributed by atoms with Gasteiger partial charge in [0.1, 0.15) is 0 Å². The van der Waals surface area contributed by atoms with E-state index >= 15 is 0 Å². The lowest BCUT2D eigenvalue weighted by Gasteiger charge is -1.87. The maximum Gasteiger partial charge on any atom is 0.0847 e. The third-order valence-corrected chi connectivity index (χ3v) is 0.995. The van der Waals surface area contributed by atoms with Crippen LogP contribution >= 0.6 is 0 Å². The Morgan fingerprint density at radius 3 is 3.00 bits per heavy atom. The molecular formula is C7H8N2. The van der Waals surface area contributed by atoms with Crippen molar-refractivity contribution in [1.29, 1.82) is 0 Å². The Morgan fingerprint density at radius 1 is 1.44 bits per heavy atom. The molecule has 0 aromatic carbocycles. The van der Waals surface area contributed by atoms with Gasteiger partial charge < -0.3 is 11.5 Å². The second kappa shape index (κ2) is 2.27. The van der Waals surface area contributed by atoms with Gasteiger partial charge in [0.15, 0.2) is 0 Å². The molecule has 1 rings (SSSR count). The first-order valence-corrected chi connectivity index (χ1v) is 2.71. The molecule has 0 radical (unpaired) electrons. The smallest absolute Gasteiger partial charge is 0.0847 e.